The minimum Gasteiger partial charge on any atom is -0.120 e. The zero-order valence-electron chi connectivity index (χ0n) is 15.1. The van der Waals surface area contributed by atoms with Gasteiger partial charge in [0, 0.05) is 19.3 Å². The van der Waals surface area contributed by atoms with Gasteiger partial charge in [-0.3, -0.25) is 0 Å². The van der Waals surface area contributed by atoms with E-state index in [4.69, 9.17) is 6.42 Å². The predicted molar refractivity (Wildman–Crippen MR) is 101 cm³/mol. The van der Waals surface area contributed by atoms with Crippen molar-refractivity contribution < 1.29 is 0 Å². The number of unbranched alkanes of at least 4 members (excludes halogenated alkanes) is 15. The van der Waals surface area contributed by atoms with Crippen LogP contribution >= 0.6 is 0 Å². The van der Waals surface area contributed by atoms with Crippen molar-refractivity contribution in [3.63, 3.8) is 0 Å². The lowest BCUT2D eigenvalue weighted by atomic mass is 10.0. The largest absolute Gasteiger partial charge is 0.120 e. The molecular formula is C22H38. The standard InChI is InChI=1S/C22H38/c1-3-5-7-9-11-13-15-17-19-21-22-20-18-16-14-12-10-8-6-4-2/h1H,4-8,10,12-22H2,2H3. The maximum atomic E-state index is 5.18. The van der Waals surface area contributed by atoms with Crippen LogP contribution in [0.2, 0.25) is 0 Å². The molecule has 0 aromatic carbocycles. The van der Waals surface area contributed by atoms with Crippen LogP contribution in [0.5, 0.6) is 0 Å². The van der Waals surface area contributed by atoms with E-state index in [2.05, 4.69) is 24.7 Å². The zero-order chi connectivity index (χ0) is 16.1. The smallest absolute Gasteiger partial charge is 0.0198 e. The highest BCUT2D eigenvalue weighted by molar-refractivity contribution is 5.01. The van der Waals surface area contributed by atoms with Gasteiger partial charge in [0.25, 0.3) is 0 Å². The molecule has 0 radical (unpaired) electrons. The Labute approximate surface area is 140 Å². The number of rotatable bonds is 15. The second-order valence-electron chi connectivity index (χ2n) is 6.40. The summed E-state index contributed by atoms with van der Waals surface area (Å²) in [5.41, 5.74) is 0. The van der Waals surface area contributed by atoms with Crippen molar-refractivity contribution in [2.75, 3.05) is 0 Å². The molecule has 0 rings (SSSR count). The normalized spacial score (nSPS) is 10.0. The molecule has 0 nitrogen and oxygen atoms in total. The first-order chi connectivity index (χ1) is 10.9. The lowest BCUT2D eigenvalue weighted by molar-refractivity contribution is 0.536. The summed E-state index contributed by atoms with van der Waals surface area (Å²) in [5.74, 6) is 8.98. The summed E-state index contributed by atoms with van der Waals surface area (Å²) in [7, 11) is 0. The number of terminal acetylenes is 1. The Bertz CT molecular complexity index is 296. The van der Waals surface area contributed by atoms with E-state index in [-0.39, 0.29) is 0 Å². The molecule has 0 bridgehead atoms. The van der Waals surface area contributed by atoms with Crippen LogP contribution in [0.15, 0.2) is 0 Å². The average Bonchev–Trinajstić information content (AvgIpc) is 2.54. The van der Waals surface area contributed by atoms with Gasteiger partial charge >= 0.3 is 0 Å². The molecule has 0 N–H and O–H groups in total. The second-order valence-corrected chi connectivity index (χ2v) is 6.40. The Balaban J connectivity index is 3.02. The summed E-state index contributed by atoms with van der Waals surface area (Å²) in [6.45, 7) is 2.29. The molecule has 0 saturated carbocycles. The molecule has 0 heterocycles. The third-order valence-corrected chi connectivity index (χ3v) is 4.17. The minimum absolute atomic E-state index is 0.797. The molecule has 22 heavy (non-hydrogen) atoms. The number of hydrogen-bond donors (Lipinski definition) is 0. The molecule has 0 unspecified atom stereocenters. The average molecular weight is 303 g/mol. The highest BCUT2D eigenvalue weighted by Gasteiger charge is 1.93. The SMILES string of the molecule is C#CCCC#CCCCCCCCCCCCCCCCC. The van der Waals surface area contributed by atoms with Gasteiger partial charge in [-0.1, -0.05) is 90.4 Å². The molecule has 0 aliphatic carbocycles. The van der Waals surface area contributed by atoms with Crippen molar-refractivity contribution in [2.45, 2.75) is 116 Å². The Morgan fingerprint density at radius 1 is 0.500 bits per heavy atom. The van der Waals surface area contributed by atoms with E-state index in [9.17, 15) is 0 Å². The van der Waals surface area contributed by atoms with Gasteiger partial charge in [-0.05, 0) is 6.42 Å². The summed E-state index contributed by atoms with van der Waals surface area (Å²) in [6, 6.07) is 0. The van der Waals surface area contributed by atoms with Gasteiger partial charge in [-0.15, -0.1) is 24.2 Å². The van der Waals surface area contributed by atoms with E-state index < -0.39 is 0 Å². The first-order valence-corrected chi connectivity index (χ1v) is 9.81. The first kappa shape index (κ1) is 21.1. The Hall–Kier alpha value is -0.880. The summed E-state index contributed by atoms with van der Waals surface area (Å²) in [5, 5.41) is 0. The van der Waals surface area contributed by atoms with E-state index in [1.54, 1.807) is 0 Å². The molecule has 0 aliphatic heterocycles. The van der Waals surface area contributed by atoms with Crippen LogP contribution in [0, 0.1) is 24.2 Å². The van der Waals surface area contributed by atoms with Gasteiger partial charge in [0.15, 0.2) is 0 Å². The monoisotopic (exact) mass is 302 g/mol. The van der Waals surface area contributed by atoms with E-state index in [1.165, 1.54) is 89.9 Å². The molecule has 0 heteroatoms. The van der Waals surface area contributed by atoms with Gasteiger partial charge in [-0.2, -0.15) is 0 Å². The van der Waals surface area contributed by atoms with Crippen LogP contribution in [0.1, 0.15) is 116 Å². The van der Waals surface area contributed by atoms with Crippen molar-refractivity contribution in [1.82, 2.24) is 0 Å². The summed E-state index contributed by atoms with van der Waals surface area (Å²) in [4.78, 5) is 0. The van der Waals surface area contributed by atoms with Gasteiger partial charge in [0.05, 0.1) is 0 Å². The zero-order valence-corrected chi connectivity index (χ0v) is 15.1. The highest BCUT2D eigenvalue weighted by Crippen LogP contribution is 2.13. The molecule has 126 valence electrons. The Morgan fingerprint density at radius 3 is 1.36 bits per heavy atom. The van der Waals surface area contributed by atoms with Gasteiger partial charge < -0.3 is 0 Å². The van der Waals surface area contributed by atoms with Crippen molar-refractivity contribution in [3.05, 3.63) is 0 Å². The Morgan fingerprint density at radius 2 is 0.909 bits per heavy atom. The third-order valence-electron chi connectivity index (χ3n) is 4.17. The van der Waals surface area contributed by atoms with E-state index in [0.717, 1.165) is 19.3 Å². The molecule has 0 fully saturated rings. The predicted octanol–water partition coefficient (Wildman–Crippen LogP) is 7.27. The van der Waals surface area contributed by atoms with Crippen LogP contribution < -0.4 is 0 Å². The molecule has 0 amide bonds. The van der Waals surface area contributed by atoms with Crippen LogP contribution in [-0.2, 0) is 0 Å². The minimum atomic E-state index is 0.797. The second kappa shape index (κ2) is 20.1. The fourth-order valence-corrected chi connectivity index (χ4v) is 2.72. The summed E-state index contributed by atoms with van der Waals surface area (Å²) in [6.07, 6.45) is 27.7. The van der Waals surface area contributed by atoms with Crippen LogP contribution in [-0.4, -0.2) is 0 Å². The van der Waals surface area contributed by atoms with E-state index in [1.807, 2.05) is 0 Å². The maximum absolute atomic E-state index is 5.18. The van der Waals surface area contributed by atoms with Gasteiger partial charge in [-0.25, -0.2) is 0 Å². The fraction of sp³-hybridized carbons (Fsp3) is 0.818. The maximum Gasteiger partial charge on any atom is 0.0198 e. The van der Waals surface area contributed by atoms with Crippen molar-refractivity contribution >= 4 is 0 Å². The molecule has 0 aromatic heterocycles. The van der Waals surface area contributed by atoms with Crippen molar-refractivity contribution in [1.29, 1.82) is 0 Å². The van der Waals surface area contributed by atoms with Crippen LogP contribution in [0.3, 0.4) is 0 Å². The van der Waals surface area contributed by atoms with Gasteiger partial charge in [0.1, 0.15) is 0 Å². The van der Waals surface area contributed by atoms with Crippen LogP contribution in [0.4, 0.5) is 0 Å². The molecular weight excluding hydrogens is 264 g/mol. The molecule has 0 aliphatic rings. The van der Waals surface area contributed by atoms with E-state index in [0.29, 0.717) is 0 Å². The topological polar surface area (TPSA) is 0 Å². The number of hydrogen-bond acceptors (Lipinski definition) is 0. The lowest BCUT2D eigenvalue weighted by Gasteiger charge is -2.02. The molecule has 0 atom stereocenters. The highest BCUT2D eigenvalue weighted by atomic mass is 14.0. The summed E-state index contributed by atoms with van der Waals surface area (Å²) < 4.78 is 0. The third kappa shape index (κ3) is 19.1. The summed E-state index contributed by atoms with van der Waals surface area (Å²) >= 11 is 0. The van der Waals surface area contributed by atoms with Crippen molar-refractivity contribution in [3.8, 4) is 24.2 Å². The van der Waals surface area contributed by atoms with Gasteiger partial charge in [0.2, 0.25) is 0 Å². The Kier molecular flexibility index (Phi) is 19.3. The lowest BCUT2D eigenvalue weighted by Crippen LogP contribution is -1.83. The van der Waals surface area contributed by atoms with Crippen molar-refractivity contribution in [2.24, 2.45) is 0 Å². The molecule has 0 saturated heterocycles. The first-order valence-electron chi connectivity index (χ1n) is 9.81. The van der Waals surface area contributed by atoms with E-state index >= 15 is 0 Å². The quantitative estimate of drug-likeness (QED) is 0.220. The van der Waals surface area contributed by atoms with Crippen LogP contribution in [0.25, 0.3) is 0 Å². The fourth-order valence-electron chi connectivity index (χ4n) is 2.72. The molecule has 0 aromatic rings. The molecule has 0 spiro atoms.